The average Bonchev–Trinajstić information content (AvgIpc) is 2.46. The summed E-state index contributed by atoms with van der Waals surface area (Å²) in [6.07, 6.45) is 0.493. The van der Waals surface area contributed by atoms with E-state index in [1.807, 2.05) is 18.2 Å². The number of rotatable bonds is 6. The summed E-state index contributed by atoms with van der Waals surface area (Å²) in [6.45, 7) is 0.308. The molecule has 0 spiro atoms. The van der Waals surface area contributed by atoms with Gasteiger partial charge in [0.2, 0.25) is 0 Å². The van der Waals surface area contributed by atoms with Crippen LogP contribution in [0.1, 0.15) is 17.1 Å². The van der Waals surface area contributed by atoms with Crippen molar-refractivity contribution in [2.24, 2.45) is 0 Å². The molecule has 2 rings (SSSR count). The van der Waals surface area contributed by atoms with Crippen LogP contribution in [0.25, 0.3) is 0 Å². The van der Waals surface area contributed by atoms with Crippen LogP contribution < -0.4 is 15.0 Å². The molecule has 21 heavy (non-hydrogen) atoms. The number of aromatic nitrogens is 2. The Hall–Kier alpha value is -2.34. The van der Waals surface area contributed by atoms with Gasteiger partial charge < -0.3 is 19.2 Å². The Labute approximate surface area is 122 Å². The molecule has 1 aromatic carbocycles. The summed E-state index contributed by atoms with van der Waals surface area (Å²) < 4.78 is 15.5. The fourth-order valence-electron chi connectivity index (χ4n) is 2.05. The largest absolute Gasteiger partial charge is 0.493 e. The molecule has 0 bridgehead atoms. The van der Waals surface area contributed by atoms with Crippen LogP contribution in [0.3, 0.4) is 0 Å². The van der Waals surface area contributed by atoms with E-state index < -0.39 is 0 Å². The van der Waals surface area contributed by atoms with E-state index in [0.29, 0.717) is 36.0 Å². The van der Waals surface area contributed by atoms with Crippen molar-refractivity contribution < 1.29 is 14.2 Å². The molecule has 1 heterocycles. The number of methoxy groups -OCH3 is 3. The monoisotopic (exact) mass is 290 g/mol. The van der Waals surface area contributed by atoms with Crippen molar-refractivity contribution in [3.8, 4) is 11.5 Å². The predicted molar refractivity (Wildman–Crippen MR) is 77.9 cm³/mol. The van der Waals surface area contributed by atoms with Gasteiger partial charge in [-0.05, 0) is 17.7 Å². The molecule has 0 atom stereocenters. The Morgan fingerprint density at radius 3 is 2.52 bits per heavy atom. The molecule has 0 saturated heterocycles. The highest BCUT2D eigenvalue weighted by Crippen LogP contribution is 2.28. The maximum absolute atomic E-state index is 11.6. The van der Waals surface area contributed by atoms with Crippen LogP contribution in [0.2, 0.25) is 0 Å². The fraction of sp³-hybridized carbons (Fsp3) is 0.333. The minimum absolute atomic E-state index is 0.187. The summed E-state index contributed by atoms with van der Waals surface area (Å²) in [6, 6.07) is 7.03. The van der Waals surface area contributed by atoms with E-state index in [0.717, 1.165) is 5.56 Å². The van der Waals surface area contributed by atoms with Crippen LogP contribution >= 0.6 is 0 Å². The predicted octanol–water partition coefficient (Wildman–Crippen LogP) is 1.52. The third-order valence-corrected chi connectivity index (χ3v) is 2.96. The van der Waals surface area contributed by atoms with Gasteiger partial charge in [0.1, 0.15) is 5.82 Å². The minimum atomic E-state index is -0.187. The topological polar surface area (TPSA) is 73.4 Å². The van der Waals surface area contributed by atoms with Gasteiger partial charge in [-0.25, -0.2) is 4.98 Å². The maximum atomic E-state index is 11.6. The lowest BCUT2D eigenvalue weighted by Crippen LogP contribution is -2.13. The Kier molecular flexibility index (Phi) is 4.94. The zero-order valence-electron chi connectivity index (χ0n) is 12.3. The van der Waals surface area contributed by atoms with Gasteiger partial charge >= 0.3 is 0 Å². The SMILES string of the molecule is COCc1cc(=O)[nH]c(Cc2ccc(OC)c(OC)c2)n1. The number of hydrogen-bond acceptors (Lipinski definition) is 5. The highest BCUT2D eigenvalue weighted by Gasteiger charge is 2.07. The van der Waals surface area contributed by atoms with Gasteiger partial charge in [0.15, 0.2) is 11.5 Å². The Morgan fingerprint density at radius 2 is 1.86 bits per heavy atom. The molecule has 0 unspecified atom stereocenters. The molecule has 0 amide bonds. The molecular weight excluding hydrogens is 272 g/mol. The number of nitrogens with zero attached hydrogens (tertiary/aromatic N) is 1. The lowest BCUT2D eigenvalue weighted by atomic mass is 10.1. The second-order valence-electron chi connectivity index (χ2n) is 4.48. The average molecular weight is 290 g/mol. The van der Waals surface area contributed by atoms with Crippen LogP contribution in [0, 0.1) is 0 Å². The summed E-state index contributed by atoms with van der Waals surface area (Å²) in [5, 5.41) is 0. The molecule has 0 radical (unpaired) electrons. The number of hydrogen-bond donors (Lipinski definition) is 1. The van der Waals surface area contributed by atoms with Crippen LogP contribution in [-0.2, 0) is 17.8 Å². The van der Waals surface area contributed by atoms with Gasteiger partial charge in [-0.3, -0.25) is 4.79 Å². The second-order valence-corrected chi connectivity index (χ2v) is 4.48. The van der Waals surface area contributed by atoms with Gasteiger partial charge in [-0.2, -0.15) is 0 Å². The molecule has 112 valence electrons. The van der Waals surface area contributed by atoms with Gasteiger partial charge in [-0.1, -0.05) is 6.07 Å². The van der Waals surface area contributed by atoms with Gasteiger partial charge in [0.25, 0.3) is 5.56 Å². The van der Waals surface area contributed by atoms with Gasteiger partial charge in [0.05, 0.1) is 26.5 Å². The summed E-state index contributed by atoms with van der Waals surface area (Å²) >= 11 is 0. The van der Waals surface area contributed by atoms with E-state index >= 15 is 0 Å². The molecule has 6 heteroatoms. The van der Waals surface area contributed by atoms with Crippen molar-refractivity contribution in [2.45, 2.75) is 13.0 Å². The third kappa shape index (κ3) is 3.82. The summed E-state index contributed by atoms with van der Waals surface area (Å²) in [4.78, 5) is 18.7. The second kappa shape index (κ2) is 6.90. The Balaban J connectivity index is 2.27. The van der Waals surface area contributed by atoms with E-state index in [1.54, 1.807) is 21.3 Å². The molecule has 0 aliphatic heterocycles. The molecule has 0 saturated carbocycles. The summed E-state index contributed by atoms with van der Waals surface area (Å²) in [5.74, 6) is 1.89. The highest BCUT2D eigenvalue weighted by atomic mass is 16.5. The first kappa shape index (κ1) is 15.1. The maximum Gasteiger partial charge on any atom is 0.251 e. The fourth-order valence-corrected chi connectivity index (χ4v) is 2.05. The number of nitrogens with one attached hydrogen (secondary N) is 1. The van der Waals surface area contributed by atoms with Crippen molar-refractivity contribution in [2.75, 3.05) is 21.3 Å². The summed E-state index contributed by atoms with van der Waals surface area (Å²) in [5.41, 5.74) is 1.38. The van der Waals surface area contributed by atoms with Gasteiger partial charge in [0, 0.05) is 19.6 Å². The Morgan fingerprint density at radius 1 is 1.10 bits per heavy atom. The molecule has 1 N–H and O–H groups in total. The van der Waals surface area contributed by atoms with Crippen LogP contribution in [0.4, 0.5) is 0 Å². The first-order valence-electron chi connectivity index (χ1n) is 6.45. The number of H-pyrrole nitrogens is 1. The molecule has 1 aromatic heterocycles. The molecule has 0 fully saturated rings. The minimum Gasteiger partial charge on any atom is -0.493 e. The van der Waals surface area contributed by atoms with E-state index in [9.17, 15) is 4.79 Å². The third-order valence-electron chi connectivity index (χ3n) is 2.96. The number of ether oxygens (including phenoxy) is 3. The standard InChI is InChI=1S/C15H18N2O4/c1-19-9-11-8-15(18)17-14(16-11)7-10-4-5-12(20-2)13(6-10)21-3/h4-6,8H,7,9H2,1-3H3,(H,16,17,18). The van der Waals surface area contributed by atoms with Crippen molar-refractivity contribution in [1.29, 1.82) is 0 Å². The highest BCUT2D eigenvalue weighted by molar-refractivity contribution is 5.43. The van der Waals surface area contributed by atoms with E-state index in [4.69, 9.17) is 14.2 Å². The van der Waals surface area contributed by atoms with Crippen LogP contribution in [0.15, 0.2) is 29.1 Å². The molecule has 2 aromatic rings. The molecule has 6 nitrogen and oxygen atoms in total. The van der Waals surface area contributed by atoms with Crippen LogP contribution in [0.5, 0.6) is 11.5 Å². The van der Waals surface area contributed by atoms with E-state index in [1.165, 1.54) is 6.07 Å². The van der Waals surface area contributed by atoms with Gasteiger partial charge in [-0.15, -0.1) is 0 Å². The lowest BCUT2D eigenvalue weighted by Gasteiger charge is -2.09. The first-order valence-corrected chi connectivity index (χ1v) is 6.45. The van der Waals surface area contributed by atoms with Crippen molar-refractivity contribution in [3.63, 3.8) is 0 Å². The molecule has 0 aliphatic rings. The Bertz CT molecular complexity index is 667. The summed E-state index contributed by atoms with van der Waals surface area (Å²) in [7, 11) is 4.74. The quantitative estimate of drug-likeness (QED) is 0.873. The van der Waals surface area contributed by atoms with Crippen LogP contribution in [-0.4, -0.2) is 31.3 Å². The van der Waals surface area contributed by atoms with E-state index in [-0.39, 0.29) is 5.56 Å². The van der Waals surface area contributed by atoms with Crippen molar-refractivity contribution in [3.05, 3.63) is 51.7 Å². The smallest absolute Gasteiger partial charge is 0.251 e. The van der Waals surface area contributed by atoms with E-state index in [2.05, 4.69) is 9.97 Å². The molecular formula is C15H18N2O4. The lowest BCUT2D eigenvalue weighted by molar-refractivity contribution is 0.181. The normalized spacial score (nSPS) is 10.4. The van der Waals surface area contributed by atoms with Crippen molar-refractivity contribution >= 4 is 0 Å². The zero-order chi connectivity index (χ0) is 15.2. The zero-order valence-corrected chi connectivity index (χ0v) is 12.3. The first-order chi connectivity index (χ1) is 10.2. The number of benzene rings is 1. The number of aromatic amines is 1. The molecule has 0 aliphatic carbocycles. The van der Waals surface area contributed by atoms with Crippen molar-refractivity contribution in [1.82, 2.24) is 9.97 Å².